The van der Waals surface area contributed by atoms with Gasteiger partial charge in [0.2, 0.25) is 0 Å². The zero-order chi connectivity index (χ0) is 11.4. The molecule has 0 saturated carbocycles. The van der Waals surface area contributed by atoms with E-state index in [0.717, 1.165) is 5.03 Å². The lowest BCUT2D eigenvalue weighted by atomic mass is 10.5. The summed E-state index contributed by atoms with van der Waals surface area (Å²) in [5.74, 6) is 1.09. The summed E-state index contributed by atoms with van der Waals surface area (Å²) >= 11 is 3.25. The fraction of sp³-hybridized carbons (Fsp3) is 0.200. The number of thiophene rings is 1. The number of rotatable bonds is 4. The molecule has 2 N–H and O–H groups in total. The van der Waals surface area contributed by atoms with Crippen molar-refractivity contribution in [2.75, 3.05) is 12.8 Å². The minimum atomic E-state index is 0.378. The second kappa shape index (κ2) is 5.29. The first-order valence-corrected chi connectivity index (χ1v) is 6.31. The van der Waals surface area contributed by atoms with Crippen LogP contribution in [0.2, 0.25) is 0 Å². The van der Waals surface area contributed by atoms with Crippen molar-refractivity contribution in [3.63, 3.8) is 0 Å². The van der Waals surface area contributed by atoms with E-state index in [2.05, 4.69) is 9.97 Å². The number of hydrogen-bond donors (Lipinski definition) is 1. The van der Waals surface area contributed by atoms with Crippen molar-refractivity contribution >= 4 is 28.9 Å². The zero-order valence-electron chi connectivity index (χ0n) is 8.71. The first-order chi connectivity index (χ1) is 7.78. The third-order valence-electron chi connectivity index (χ3n) is 1.74. The van der Waals surface area contributed by atoms with E-state index in [1.54, 1.807) is 36.3 Å². The van der Waals surface area contributed by atoms with Gasteiger partial charge in [-0.1, -0.05) is 17.8 Å². The molecule has 0 aromatic carbocycles. The molecule has 2 heterocycles. The van der Waals surface area contributed by atoms with Crippen LogP contribution in [-0.2, 0) is 11.3 Å². The van der Waals surface area contributed by atoms with E-state index in [1.165, 1.54) is 4.21 Å². The second-order valence-corrected chi connectivity index (χ2v) is 5.28. The molecule has 4 nitrogen and oxygen atoms in total. The molecule has 84 valence electrons. The molecule has 0 fully saturated rings. The predicted molar refractivity (Wildman–Crippen MR) is 65.6 cm³/mol. The number of hydrogen-bond acceptors (Lipinski definition) is 6. The molecule has 0 atom stereocenters. The maximum absolute atomic E-state index is 5.70. The Morgan fingerprint density at radius 3 is 3.06 bits per heavy atom. The van der Waals surface area contributed by atoms with Gasteiger partial charge in [0, 0.05) is 13.2 Å². The maximum Gasteiger partial charge on any atom is 0.157 e. The summed E-state index contributed by atoms with van der Waals surface area (Å²) < 4.78 is 6.17. The lowest BCUT2D eigenvalue weighted by Gasteiger charge is -2.03. The third kappa shape index (κ3) is 2.94. The molecule has 0 aliphatic carbocycles. The van der Waals surface area contributed by atoms with Gasteiger partial charge in [0.05, 0.1) is 4.21 Å². The highest BCUT2D eigenvalue weighted by molar-refractivity contribution is 8.01. The highest BCUT2D eigenvalue weighted by Gasteiger charge is 2.05. The van der Waals surface area contributed by atoms with Crippen LogP contribution in [0.5, 0.6) is 0 Å². The maximum atomic E-state index is 5.70. The minimum Gasteiger partial charge on any atom is -0.384 e. The molecule has 0 spiro atoms. The van der Waals surface area contributed by atoms with Crippen LogP contribution < -0.4 is 5.73 Å². The lowest BCUT2D eigenvalue weighted by Crippen LogP contribution is -2.01. The van der Waals surface area contributed by atoms with E-state index in [0.29, 0.717) is 18.2 Å². The molecule has 0 unspecified atom stereocenters. The predicted octanol–water partition coefficient (Wildman–Crippen LogP) is 2.42. The van der Waals surface area contributed by atoms with Crippen LogP contribution in [0.15, 0.2) is 32.8 Å². The fourth-order valence-electron chi connectivity index (χ4n) is 1.16. The largest absolute Gasteiger partial charge is 0.384 e. The first-order valence-electron chi connectivity index (χ1n) is 4.61. The van der Waals surface area contributed by atoms with Crippen molar-refractivity contribution in [1.29, 1.82) is 0 Å². The molecule has 0 saturated heterocycles. The normalized spacial score (nSPS) is 10.6. The Balaban J connectivity index is 2.20. The van der Waals surface area contributed by atoms with Crippen molar-refractivity contribution in [3.8, 4) is 0 Å². The van der Waals surface area contributed by atoms with E-state index in [-0.39, 0.29) is 0 Å². The third-order valence-corrected chi connectivity index (χ3v) is 3.70. The van der Waals surface area contributed by atoms with Crippen molar-refractivity contribution in [3.05, 3.63) is 29.4 Å². The van der Waals surface area contributed by atoms with E-state index >= 15 is 0 Å². The molecule has 2 aromatic heterocycles. The molecule has 2 aromatic rings. The Morgan fingerprint density at radius 1 is 1.50 bits per heavy atom. The van der Waals surface area contributed by atoms with E-state index in [1.807, 2.05) is 17.5 Å². The van der Waals surface area contributed by atoms with E-state index in [9.17, 15) is 0 Å². The van der Waals surface area contributed by atoms with Gasteiger partial charge in [0.1, 0.15) is 17.5 Å². The molecule has 2 rings (SSSR count). The van der Waals surface area contributed by atoms with Gasteiger partial charge < -0.3 is 10.5 Å². The van der Waals surface area contributed by atoms with Crippen molar-refractivity contribution in [1.82, 2.24) is 9.97 Å². The molecule has 0 amide bonds. The van der Waals surface area contributed by atoms with Crippen LogP contribution in [0, 0.1) is 0 Å². The molecular weight excluding hydrogens is 242 g/mol. The molecule has 0 aliphatic heterocycles. The Hall–Kier alpha value is -1.11. The van der Waals surface area contributed by atoms with Gasteiger partial charge in [0.25, 0.3) is 0 Å². The number of aromatic nitrogens is 2. The van der Waals surface area contributed by atoms with Gasteiger partial charge in [-0.2, -0.15) is 0 Å². The highest BCUT2D eigenvalue weighted by Crippen LogP contribution is 2.30. The Kier molecular flexibility index (Phi) is 3.76. The number of nitrogens with zero attached hydrogens (tertiary/aromatic N) is 2. The topological polar surface area (TPSA) is 61.0 Å². The number of anilines is 1. The molecule has 6 heteroatoms. The quantitative estimate of drug-likeness (QED) is 0.848. The van der Waals surface area contributed by atoms with E-state index in [4.69, 9.17) is 10.5 Å². The minimum absolute atomic E-state index is 0.378. The van der Waals surface area contributed by atoms with Gasteiger partial charge in [-0.3, -0.25) is 0 Å². The summed E-state index contributed by atoms with van der Waals surface area (Å²) in [5, 5.41) is 2.88. The number of nitrogens with two attached hydrogens (primary N) is 1. The smallest absolute Gasteiger partial charge is 0.157 e. The standard InChI is InChI=1S/C10H11N3OS2/c1-14-6-8-12-7(11)5-9(13-8)16-10-3-2-4-15-10/h2-5H,6H2,1H3,(H2,11,12,13). The van der Waals surface area contributed by atoms with Crippen molar-refractivity contribution in [2.45, 2.75) is 15.8 Å². The number of ether oxygens (including phenoxy) is 1. The zero-order valence-corrected chi connectivity index (χ0v) is 10.3. The van der Waals surface area contributed by atoms with E-state index < -0.39 is 0 Å². The van der Waals surface area contributed by atoms with Crippen LogP contribution in [0.3, 0.4) is 0 Å². The van der Waals surface area contributed by atoms with Crippen LogP contribution in [0.25, 0.3) is 0 Å². The summed E-state index contributed by atoms with van der Waals surface area (Å²) in [6.07, 6.45) is 0. The van der Waals surface area contributed by atoms with Crippen molar-refractivity contribution < 1.29 is 4.74 Å². The molecule has 0 aliphatic rings. The summed E-state index contributed by atoms with van der Waals surface area (Å²) in [4.78, 5) is 8.44. The van der Waals surface area contributed by atoms with Crippen LogP contribution in [0.4, 0.5) is 5.82 Å². The summed E-state index contributed by atoms with van der Waals surface area (Å²) in [5.41, 5.74) is 5.70. The fourth-order valence-corrected chi connectivity index (χ4v) is 2.91. The van der Waals surface area contributed by atoms with Gasteiger partial charge in [0.15, 0.2) is 5.82 Å². The van der Waals surface area contributed by atoms with Crippen LogP contribution in [0.1, 0.15) is 5.82 Å². The van der Waals surface area contributed by atoms with Crippen LogP contribution in [-0.4, -0.2) is 17.1 Å². The molecule has 16 heavy (non-hydrogen) atoms. The Morgan fingerprint density at radius 2 is 2.38 bits per heavy atom. The molecule has 0 radical (unpaired) electrons. The first kappa shape index (κ1) is 11.4. The number of nitrogen functional groups attached to an aromatic ring is 1. The lowest BCUT2D eigenvalue weighted by molar-refractivity contribution is 0.177. The summed E-state index contributed by atoms with van der Waals surface area (Å²) in [6, 6.07) is 5.82. The second-order valence-electron chi connectivity index (χ2n) is 3.01. The monoisotopic (exact) mass is 253 g/mol. The van der Waals surface area contributed by atoms with Gasteiger partial charge in [-0.25, -0.2) is 9.97 Å². The molecule has 0 bridgehead atoms. The summed E-state index contributed by atoms with van der Waals surface area (Å²) in [7, 11) is 1.61. The summed E-state index contributed by atoms with van der Waals surface area (Å²) in [6.45, 7) is 0.378. The number of methoxy groups -OCH3 is 1. The van der Waals surface area contributed by atoms with Crippen LogP contribution >= 0.6 is 23.1 Å². The van der Waals surface area contributed by atoms with Crippen molar-refractivity contribution in [2.24, 2.45) is 0 Å². The average Bonchev–Trinajstić information content (AvgIpc) is 2.70. The Bertz CT molecular complexity index is 459. The SMILES string of the molecule is COCc1nc(N)cc(Sc2cccs2)n1. The Labute approximate surface area is 102 Å². The average molecular weight is 253 g/mol. The van der Waals surface area contributed by atoms with Gasteiger partial charge >= 0.3 is 0 Å². The molecular formula is C10H11N3OS2. The highest BCUT2D eigenvalue weighted by atomic mass is 32.2. The van der Waals surface area contributed by atoms with Gasteiger partial charge in [-0.15, -0.1) is 11.3 Å². The van der Waals surface area contributed by atoms with Gasteiger partial charge in [-0.05, 0) is 11.4 Å².